The van der Waals surface area contributed by atoms with E-state index in [-0.39, 0.29) is 0 Å². The lowest BCUT2D eigenvalue weighted by Crippen LogP contribution is -2.20. The summed E-state index contributed by atoms with van der Waals surface area (Å²) in [5.41, 5.74) is 12.1. The molecule has 1 aliphatic heterocycles. The molecule has 4 aromatic rings. The van der Waals surface area contributed by atoms with Crippen LogP contribution in [0.4, 0.5) is 11.6 Å². The molecular formula is C23H23N7S. The van der Waals surface area contributed by atoms with E-state index in [2.05, 4.69) is 32.1 Å². The second-order valence-corrected chi connectivity index (χ2v) is 8.42. The topological polar surface area (TPSA) is 85.2 Å². The number of rotatable bonds is 5. The smallest absolute Gasteiger partial charge is 0.253 e. The minimum absolute atomic E-state index is 0.544. The van der Waals surface area contributed by atoms with Crippen molar-refractivity contribution in [1.82, 2.24) is 19.7 Å². The summed E-state index contributed by atoms with van der Waals surface area (Å²) in [4.78, 5) is 4.26. The van der Waals surface area contributed by atoms with Crippen molar-refractivity contribution in [2.45, 2.75) is 33.2 Å². The highest BCUT2D eigenvalue weighted by Gasteiger charge is 2.29. The Labute approximate surface area is 184 Å². The van der Waals surface area contributed by atoms with E-state index in [1.165, 1.54) is 5.56 Å². The van der Waals surface area contributed by atoms with Gasteiger partial charge in [-0.3, -0.25) is 9.55 Å². The Morgan fingerprint density at radius 2 is 1.94 bits per heavy atom. The van der Waals surface area contributed by atoms with Crippen LogP contribution in [0.2, 0.25) is 0 Å². The fraction of sp³-hybridized carbons (Fsp3) is 0.217. The highest BCUT2D eigenvalue weighted by atomic mass is 32.1. The lowest BCUT2D eigenvalue weighted by Gasteiger charge is -2.17. The number of pyridine rings is 1. The highest BCUT2D eigenvalue weighted by Crippen LogP contribution is 2.37. The standard InChI is InChI=1S/C23H23N7S/c1-3-5-18-14-31-22-20(18)21(17-7-9-19(24)10-8-17)28-29(13-16-6-4-11-25-12-16)23-27-26-15(2)30(22)23/h4,6-12,14H,3,5,13,24H2,1-2H3. The van der Waals surface area contributed by atoms with Gasteiger partial charge in [-0.2, -0.15) is 5.10 Å². The summed E-state index contributed by atoms with van der Waals surface area (Å²) >= 11 is 1.72. The molecule has 1 aromatic carbocycles. The first-order valence-electron chi connectivity index (χ1n) is 10.3. The van der Waals surface area contributed by atoms with E-state index in [1.54, 1.807) is 17.5 Å². The number of hydrogen-bond donors (Lipinski definition) is 1. The van der Waals surface area contributed by atoms with Crippen molar-refractivity contribution in [1.29, 1.82) is 0 Å². The van der Waals surface area contributed by atoms with E-state index in [4.69, 9.17) is 10.8 Å². The van der Waals surface area contributed by atoms with Crippen molar-refractivity contribution < 1.29 is 0 Å². The molecule has 0 atom stereocenters. The Balaban J connectivity index is 1.74. The van der Waals surface area contributed by atoms with Crippen LogP contribution in [0.1, 0.15) is 41.4 Å². The molecule has 156 valence electrons. The van der Waals surface area contributed by atoms with Gasteiger partial charge in [-0.25, -0.2) is 5.01 Å². The quantitative estimate of drug-likeness (QED) is 0.477. The third-order valence-corrected chi connectivity index (χ3v) is 6.32. The molecule has 0 saturated heterocycles. The molecule has 31 heavy (non-hydrogen) atoms. The lowest BCUT2D eigenvalue weighted by molar-refractivity contribution is 0.795. The summed E-state index contributed by atoms with van der Waals surface area (Å²) in [6, 6.07) is 11.9. The molecule has 1 aliphatic rings. The summed E-state index contributed by atoms with van der Waals surface area (Å²) < 4.78 is 2.11. The summed E-state index contributed by atoms with van der Waals surface area (Å²) in [5, 5.41) is 19.3. The monoisotopic (exact) mass is 429 g/mol. The number of hydrogen-bond acceptors (Lipinski definition) is 7. The fourth-order valence-corrected chi connectivity index (χ4v) is 4.99. The largest absolute Gasteiger partial charge is 0.399 e. The second-order valence-electron chi connectivity index (χ2n) is 7.56. The van der Waals surface area contributed by atoms with Gasteiger partial charge < -0.3 is 5.73 Å². The maximum atomic E-state index is 5.96. The fourth-order valence-electron chi connectivity index (χ4n) is 3.84. The van der Waals surface area contributed by atoms with Crippen molar-refractivity contribution in [2.75, 3.05) is 10.7 Å². The lowest BCUT2D eigenvalue weighted by atomic mass is 9.98. The van der Waals surface area contributed by atoms with Gasteiger partial charge in [0, 0.05) is 29.2 Å². The SMILES string of the molecule is CCCc1csc2c1C(c1ccc(N)cc1)=NN(Cc1cccnc1)c1nnc(C)n1-2. The molecule has 0 radical (unpaired) electrons. The van der Waals surface area contributed by atoms with E-state index in [9.17, 15) is 0 Å². The number of thiophene rings is 1. The summed E-state index contributed by atoms with van der Waals surface area (Å²) in [5.74, 6) is 1.55. The van der Waals surface area contributed by atoms with Crippen LogP contribution in [0.5, 0.6) is 0 Å². The van der Waals surface area contributed by atoms with Crippen molar-refractivity contribution >= 4 is 28.7 Å². The highest BCUT2D eigenvalue weighted by molar-refractivity contribution is 7.13. The van der Waals surface area contributed by atoms with Gasteiger partial charge in [0.2, 0.25) is 0 Å². The summed E-state index contributed by atoms with van der Waals surface area (Å²) in [6.45, 7) is 4.73. The molecule has 5 rings (SSSR count). The van der Waals surface area contributed by atoms with Gasteiger partial charge in [0.25, 0.3) is 5.95 Å². The Morgan fingerprint density at radius 1 is 1.10 bits per heavy atom. The van der Waals surface area contributed by atoms with Crippen LogP contribution >= 0.6 is 11.3 Å². The third-order valence-electron chi connectivity index (χ3n) is 5.31. The minimum Gasteiger partial charge on any atom is -0.399 e. The molecule has 0 aliphatic carbocycles. The van der Waals surface area contributed by atoms with Gasteiger partial charge >= 0.3 is 0 Å². The number of nitrogens with two attached hydrogens (primary N) is 1. The zero-order valence-corrected chi connectivity index (χ0v) is 18.3. The van der Waals surface area contributed by atoms with Crippen LogP contribution in [-0.4, -0.2) is 25.5 Å². The minimum atomic E-state index is 0.544. The van der Waals surface area contributed by atoms with Crippen LogP contribution in [0.3, 0.4) is 0 Å². The number of nitrogen functional groups attached to an aromatic ring is 1. The average molecular weight is 430 g/mol. The average Bonchev–Trinajstić information content (AvgIpc) is 3.32. The first-order valence-corrected chi connectivity index (χ1v) is 11.2. The van der Waals surface area contributed by atoms with E-state index in [1.807, 2.05) is 54.5 Å². The third kappa shape index (κ3) is 3.48. The first-order chi connectivity index (χ1) is 15.2. The maximum Gasteiger partial charge on any atom is 0.253 e. The van der Waals surface area contributed by atoms with Gasteiger partial charge in [0.1, 0.15) is 16.5 Å². The molecule has 0 unspecified atom stereocenters. The van der Waals surface area contributed by atoms with E-state index < -0.39 is 0 Å². The van der Waals surface area contributed by atoms with Gasteiger partial charge in [-0.15, -0.1) is 21.5 Å². The normalized spacial score (nSPS) is 12.8. The van der Waals surface area contributed by atoms with Gasteiger partial charge in [-0.1, -0.05) is 31.5 Å². The summed E-state index contributed by atoms with van der Waals surface area (Å²) in [6.07, 6.45) is 5.68. The van der Waals surface area contributed by atoms with Crippen LogP contribution in [0.25, 0.3) is 5.00 Å². The molecule has 8 heteroatoms. The second kappa shape index (κ2) is 7.96. The first kappa shape index (κ1) is 19.4. The van der Waals surface area contributed by atoms with Gasteiger partial charge in [0.05, 0.1) is 6.54 Å². The van der Waals surface area contributed by atoms with Crippen LogP contribution in [-0.2, 0) is 13.0 Å². The Bertz CT molecular complexity index is 1240. The maximum absolute atomic E-state index is 5.96. The number of aromatic nitrogens is 4. The molecule has 0 saturated carbocycles. The number of nitrogens with zero attached hydrogens (tertiary/aromatic N) is 6. The van der Waals surface area contributed by atoms with Crippen LogP contribution in [0.15, 0.2) is 59.3 Å². The van der Waals surface area contributed by atoms with Crippen molar-refractivity contribution in [3.63, 3.8) is 0 Å². The van der Waals surface area contributed by atoms with Gasteiger partial charge in [0.15, 0.2) is 0 Å². The Hall–Kier alpha value is -3.52. The van der Waals surface area contributed by atoms with Crippen molar-refractivity contribution in [2.24, 2.45) is 5.10 Å². The van der Waals surface area contributed by atoms with E-state index >= 15 is 0 Å². The van der Waals surface area contributed by atoms with E-state index in [0.717, 1.165) is 51.8 Å². The molecule has 7 nitrogen and oxygen atoms in total. The number of anilines is 2. The number of fused-ring (bicyclic) bond motifs is 3. The molecule has 0 amide bonds. The Morgan fingerprint density at radius 3 is 2.68 bits per heavy atom. The Kier molecular flexibility index (Phi) is 4.99. The zero-order valence-electron chi connectivity index (χ0n) is 17.5. The molecule has 0 spiro atoms. The van der Waals surface area contributed by atoms with Crippen molar-refractivity contribution in [3.05, 3.63) is 82.3 Å². The zero-order chi connectivity index (χ0) is 21.4. The molecule has 2 N–H and O–H groups in total. The molecule has 0 fully saturated rings. The van der Waals surface area contributed by atoms with Crippen molar-refractivity contribution in [3.8, 4) is 5.00 Å². The number of hydrazone groups is 1. The summed E-state index contributed by atoms with van der Waals surface area (Å²) in [7, 11) is 0. The van der Waals surface area contributed by atoms with Crippen LogP contribution in [0, 0.1) is 6.92 Å². The van der Waals surface area contributed by atoms with E-state index in [0.29, 0.717) is 12.5 Å². The number of benzene rings is 1. The number of aryl methyl sites for hydroxylation is 2. The molecular weight excluding hydrogens is 406 g/mol. The predicted molar refractivity (Wildman–Crippen MR) is 125 cm³/mol. The predicted octanol–water partition coefficient (Wildman–Crippen LogP) is 4.34. The van der Waals surface area contributed by atoms with Crippen LogP contribution < -0.4 is 10.7 Å². The molecule has 3 aromatic heterocycles. The van der Waals surface area contributed by atoms with Gasteiger partial charge in [-0.05, 0) is 48.1 Å². The molecule has 4 heterocycles. The molecule has 0 bridgehead atoms.